The zero-order chi connectivity index (χ0) is 12.6. The Hall–Kier alpha value is -2.04. The first-order valence-electron chi connectivity index (χ1n) is 5.27. The van der Waals surface area contributed by atoms with Crippen molar-refractivity contribution in [2.75, 3.05) is 0 Å². The molecule has 17 heavy (non-hydrogen) atoms. The molecule has 0 saturated carbocycles. The van der Waals surface area contributed by atoms with Crippen LogP contribution in [-0.2, 0) is 4.74 Å². The smallest absolute Gasteiger partial charge is 0.435 e. The molecule has 0 aliphatic heterocycles. The Bertz CT molecular complexity index is 567. The van der Waals surface area contributed by atoms with E-state index in [0.29, 0.717) is 10.9 Å². The number of phenolic OH excluding ortho intramolecular Hbond substituents is 1. The summed E-state index contributed by atoms with van der Waals surface area (Å²) in [4.78, 5) is 11.7. The fourth-order valence-corrected chi connectivity index (χ4v) is 1.42. The van der Waals surface area contributed by atoms with Crippen LogP contribution >= 0.6 is 0 Å². The Balaban J connectivity index is 2.33. The number of phenols is 1. The summed E-state index contributed by atoms with van der Waals surface area (Å²) in [6.07, 6.45) is 0.997. The molecular weight excluding hydrogens is 220 g/mol. The van der Waals surface area contributed by atoms with E-state index in [0.717, 1.165) is 4.68 Å². The molecule has 5 nitrogen and oxygen atoms in total. The molecule has 0 spiro atoms. The summed E-state index contributed by atoms with van der Waals surface area (Å²) >= 11 is 0. The Kier molecular flexibility index (Phi) is 2.53. The quantitative estimate of drug-likeness (QED) is 0.760. The van der Waals surface area contributed by atoms with Gasteiger partial charge in [-0.3, -0.25) is 0 Å². The molecule has 1 heterocycles. The second-order valence-electron chi connectivity index (χ2n) is 4.80. The van der Waals surface area contributed by atoms with Crippen LogP contribution in [-0.4, -0.2) is 26.6 Å². The number of hydrogen-bond acceptors (Lipinski definition) is 4. The van der Waals surface area contributed by atoms with Gasteiger partial charge in [0.25, 0.3) is 0 Å². The van der Waals surface area contributed by atoms with Crippen molar-refractivity contribution >= 4 is 17.0 Å². The van der Waals surface area contributed by atoms with Crippen LogP contribution in [0.25, 0.3) is 10.9 Å². The summed E-state index contributed by atoms with van der Waals surface area (Å²) in [5, 5.41) is 14.1. The molecule has 0 fully saturated rings. The number of fused-ring (bicyclic) bond motifs is 1. The third-order valence-electron chi connectivity index (χ3n) is 2.07. The van der Waals surface area contributed by atoms with Crippen molar-refractivity contribution in [3.63, 3.8) is 0 Å². The van der Waals surface area contributed by atoms with Gasteiger partial charge in [0.15, 0.2) is 0 Å². The molecule has 0 unspecified atom stereocenters. The Morgan fingerprint density at radius 1 is 1.41 bits per heavy atom. The fraction of sp³-hybridized carbons (Fsp3) is 0.333. The van der Waals surface area contributed by atoms with Crippen LogP contribution in [0.1, 0.15) is 20.8 Å². The van der Waals surface area contributed by atoms with E-state index in [1.54, 1.807) is 32.9 Å². The number of rotatable bonds is 0. The van der Waals surface area contributed by atoms with E-state index in [9.17, 15) is 9.90 Å². The summed E-state index contributed by atoms with van der Waals surface area (Å²) in [5.74, 6) is 0.140. The Morgan fingerprint density at radius 3 is 2.76 bits per heavy atom. The van der Waals surface area contributed by atoms with Gasteiger partial charge in [-0.25, -0.2) is 4.79 Å². The van der Waals surface area contributed by atoms with Crippen molar-refractivity contribution in [3.8, 4) is 5.75 Å². The minimum Gasteiger partial charge on any atom is -0.508 e. The minimum atomic E-state index is -0.558. The summed E-state index contributed by atoms with van der Waals surface area (Å²) in [5.41, 5.74) is 0.0748. The molecule has 1 N–H and O–H groups in total. The molecule has 0 amide bonds. The van der Waals surface area contributed by atoms with E-state index in [1.807, 2.05) is 0 Å². The second-order valence-corrected chi connectivity index (χ2v) is 4.80. The van der Waals surface area contributed by atoms with Gasteiger partial charge in [-0.05, 0) is 39.0 Å². The number of carbonyl (C=O) groups excluding carboxylic acids is 1. The van der Waals surface area contributed by atoms with Crippen molar-refractivity contribution < 1.29 is 14.6 Å². The maximum absolute atomic E-state index is 11.7. The molecular formula is C12H14N2O3. The molecule has 0 aliphatic carbocycles. The van der Waals surface area contributed by atoms with Crippen molar-refractivity contribution in [2.45, 2.75) is 26.4 Å². The van der Waals surface area contributed by atoms with Gasteiger partial charge in [0.1, 0.15) is 11.4 Å². The monoisotopic (exact) mass is 234 g/mol. The van der Waals surface area contributed by atoms with Gasteiger partial charge in [-0.1, -0.05) is 0 Å². The van der Waals surface area contributed by atoms with Crippen LogP contribution in [0.2, 0.25) is 0 Å². The zero-order valence-corrected chi connectivity index (χ0v) is 9.97. The maximum Gasteiger partial charge on any atom is 0.435 e. The van der Waals surface area contributed by atoms with E-state index >= 15 is 0 Å². The Labute approximate surface area is 98.6 Å². The lowest BCUT2D eigenvalue weighted by molar-refractivity contribution is 0.0516. The highest BCUT2D eigenvalue weighted by Gasteiger charge is 2.18. The molecule has 2 rings (SSSR count). The molecule has 90 valence electrons. The first kappa shape index (κ1) is 11.4. The van der Waals surface area contributed by atoms with Crippen molar-refractivity contribution in [3.05, 3.63) is 24.4 Å². The van der Waals surface area contributed by atoms with Crippen molar-refractivity contribution in [2.24, 2.45) is 0 Å². The number of hydrogen-bond donors (Lipinski definition) is 1. The van der Waals surface area contributed by atoms with Crippen LogP contribution < -0.4 is 0 Å². The molecule has 2 aromatic rings. The minimum absolute atomic E-state index is 0.140. The van der Waals surface area contributed by atoms with Gasteiger partial charge in [0.05, 0.1) is 5.52 Å². The standard InChI is InChI=1S/C12H14N2O3/c1-12(2,3)17-11(16)14-7-8-6-9(15)4-5-10(8)13-14/h4-7,15H,1-3H3. The average Bonchev–Trinajstić information content (AvgIpc) is 2.57. The summed E-state index contributed by atoms with van der Waals surface area (Å²) in [6, 6.07) is 4.71. The van der Waals surface area contributed by atoms with Crippen molar-refractivity contribution in [1.82, 2.24) is 9.78 Å². The highest BCUT2D eigenvalue weighted by Crippen LogP contribution is 2.19. The van der Waals surface area contributed by atoms with Gasteiger partial charge >= 0.3 is 6.09 Å². The Morgan fingerprint density at radius 2 is 2.12 bits per heavy atom. The van der Waals surface area contributed by atoms with Crippen LogP contribution in [0.5, 0.6) is 5.75 Å². The third kappa shape index (κ3) is 2.55. The number of aromatic hydroxyl groups is 1. The largest absolute Gasteiger partial charge is 0.508 e. The highest BCUT2D eigenvalue weighted by molar-refractivity contribution is 5.83. The topological polar surface area (TPSA) is 64.3 Å². The van der Waals surface area contributed by atoms with E-state index in [-0.39, 0.29) is 5.75 Å². The van der Waals surface area contributed by atoms with Gasteiger partial charge in [0.2, 0.25) is 0 Å². The summed E-state index contributed by atoms with van der Waals surface area (Å²) in [7, 11) is 0. The first-order chi connectivity index (χ1) is 7.85. The number of nitrogens with zero attached hydrogens (tertiary/aromatic N) is 2. The summed E-state index contributed by atoms with van der Waals surface area (Å²) < 4.78 is 6.32. The van der Waals surface area contributed by atoms with E-state index in [1.165, 1.54) is 12.3 Å². The molecule has 1 aromatic heterocycles. The zero-order valence-electron chi connectivity index (χ0n) is 9.97. The highest BCUT2D eigenvalue weighted by atomic mass is 16.6. The fourth-order valence-electron chi connectivity index (χ4n) is 1.42. The van der Waals surface area contributed by atoms with Gasteiger partial charge in [0, 0.05) is 11.6 Å². The van der Waals surface area contributed by atoms with E-state index < -0.39 is 11.7 Å². The number of aromatic nitrogens is 2. The van der Waals surface area contributed by atoms with Crippen molar-refractivity contribution in [1.29, 1.82) is 0 Å². The molecule has 0 radical (unpaired) electrons. The third-order valence-corrected chi connectivity index (χ3v) is 2.07. The SMILES string of the molecule is CC(C)(C)OC(=O)n1cc2cc(O)ccc2n1. The molecule has 1 aromatic carbocycles. The predicted octanol–water partition coefficient (Wildman–Crippen LogP) is 2.53. The molecule has 0 aliphatic rings. The molecule has 0 atom stereocenters. The van der Waals surface area contributed by atoms with Crippen LogP contribution in [0.3, 0.4) is 0 Å². The number of carbonyl (C=O) groups is 1. The van der Waals surface area contributed by atoms with Crippen LogP contribution in [0, 0.1) is 0 Å². The summed E-state index contributed by atoms with van der Waals surface area (Å²) in [6.45, 7) is 5.37. The van der Waals surface area contributed by atoms with Crippen LogP contribution in [0.4, 0.5) is 4.79 Å². The lowest BCUT2D eigenvalue weighted by Gasteiger charge is -2.18. The van der Waals surface area contributed by atoms with E-state index in [4.69, 9.17) is 4.74 Å². The molecule has 0 bridgehead atoms. The lowest BCUT2D eigenvalue weighted by Crippen LogP contribution is -2.27. The second kappa shape index (κ2) is 3.76. The van der Waals surface area contributed by atoms with Gasteiger partial charge in [-0.15, -0.1) is 0 Å². The van der Waals surface area contributed by atoms with E-state index in [2.05, 4.69) is 5.10 Å². The number of benzene rings is 1. The van der Waals surface area contributed by atoms with Crippen LogP contribution in [0.15, 0.2) is 24.4 Å². The first-order valence-corrected chi connectivity index (χ1v) is 5.27. The lowest BCUT2D eigenvalue weighted by atomic mass is 10.2. The van der Waals surface area contributed by atoms with Gasteiger partial charge in [-0.2, -0.15) is 9.78 Å². The number of ether oxygens (including phenoxy) is 1. The molecule has 5 heteroatoms. The predicted molar refractivity (Wildman–Crippen MR) is 63.0 cm³/mol. The normalized spacial score (nSPS) is 11.7. The average molecular weight is 234 g/mol. The maximum atomic E-state index is 11.7. The van der Waals surface area contributed by atoms with Gasteiger partial charge < -0.3 is 9.84 Å². The molecule has 0 saturated heterocycles.